The highest BCUT2D eigenvalue weighted by atomic mass is 35.5. The lowest BCUT2D eigenvalue weighted by molar-refractivity contribution is 1.37. The van der Waals surface area contributed by atoms with Crippen LogP contribution in [0.5, 0.6) is 0 Å². The van der Waals surface area contributed by atoms with Crippen molar-refractivity contribution in [1.82, 2.24) is 4.98 Å². The Hall–Kier alpha value is -1.38. The molecule has 0 saturated heterocycles. The van der Waals surface area contributed by atoms with Crippen LogP contribution in [0, 0.1) is 0 Å². The Labute approximate surface area is 114 Å². The molecule has 0 unspecified atom stereocenters. The molecule has 0 aliphatic rings. The second kappa shape index (κ2) is 5.51. The van der Waals surface area contributed by atoms with Crippen molar-refractivity contribution in [2.24, 2.45) is 0 Å². The lowest BCUT2D eigenvalue weighted by Gasteiger charge is -2.16. The van der Waals surface area contributed by atoms with Crippen LogP contribution < -0.4 is 5.32 Å². The number of rotatable bonds is 3. The molecule has 0 fully saturated rings. The molecule has 0 N–H and O–H groups in total. The molecule has 0 aliphatic heterocycles. The van der Waals surface area contributed by atoms with Crippen LogP contribution in [0.4, 0.5) is 0 Å². The first-order valence-corrected chi connectivity index (χ1v) is 9.40. The predicted octanol–water partition coefficient (Wildman–Crippen LogP) is 3.90. The third-order valence-corrected chi connectivity index (χ3v) is 5.76. The average Bonchev–Trinajstić information content (AvgIpc) is 2.39. The normalized spacial score (nSPS) is 11.9. The van der Waals surface area contributed by atoms with Crippen LogP contribution in [0.1, 0.15) is 5.56 Å². The molecule has 0 spiro atoms. The number of hydrogen-bond donors (Lipinski definition) is 0. The summed E-state index contributed by atoms with van der Waals surface area (Å²) >= 11 is 5.87. The second-order valence-corrected chi connectivity index (χ2v) is 9.55. The molecular weight excluding hydrogens is 258 g/mol. The number of pyridine rings is 1. The highest BCUT2D eigenvalue weighted by Gasteiger charge is 2.20. The van der Waals surface area contributed by atoms with E-state index in [4.69, 9.17) is 11.6 Å². The van der Waals surface area contributed by atoms with E-state index in [1.807, 2.05) is 42.6 Å². The maximum atomic E-state index is 5.87. The zero-order valence-corrected chi connectivity index (χ0v) is 12.4. The minimum atomic E-state index is -1.60. The fourth-order valence-corrected chi connectivity index (χ4v) is 3.55. The first-order chi connectivity index (χ1) is 8.58. The van der Waals surface area contributed by atoms with Gasteiger partial charge >= 0.3 is 0 Å². The molecule has 0 saturated carbocycles. The maximum absolute atomic E-state index is 5.87. The zero-order valence-electron chi connectivity index (χ0n) is 10.6. The summed E-state index contributed by atoms with van der Waals surface area (Å²) in [6.45, 7) is 4.59. The SMILES string of the molecule is C[Si](C)(/C=C/c1ccc(Cl)cc1)c1ccccn1. The van der Waals surface area contributed by atoms with Gasteiger partial charge in [0.2, 0.25) is 0 Å². The number of halogens is 1. The van der Waals surface area contributed by atoms with Crippen LogP contribution in [0.2, 0.25) is 18.1 Å². The Bertz CT molecular complexity index is 532. The van der Waals surface area contributed by atoms with E-state index in [0.717, 1.165) is 5.02 Å². The lowest BCUT2D eigenvalue weighted by Crippen LogP contribution is -2.41. The Morgan fingerprint density at radius 1 is 1.06 bits per heavy atom. The van der Waals surface area contributed by atoms with E-state index < -0.39 is 8.07 Å². The third-order valence-electron chi connectivity index (χ3n) is 2.89. The highest BCUT2D eigenvalue weighted by molar-refractivity contribution is 6.93. The standard InChI is InChI=1S/C15H16ClNSi/c1-18(2,15-5-3-4-11-17-15)12-10-13-6-8-14(16)9-7-13/h3-12H,1-2H3/b12-10+. The van der Waals surface area contributed by atoms with Crippen molar-refractivity contribution < 1.29 is 0 Å². The van der Waals surface area contributed by atoms with Crippen LogP contribution in [0.3, 0.4) is 0 Å². The monoisotopic (exact) mass is 273 g/mol. The lowest BCUT2D eigenvalue weighted by atomic mass is 10.2. The van der Waals surface area contributed by atoms with Crippen molar-refractivity contribution in [2.45, 2.75) is 13.1 Å². The van der Waals surface area contributed by atoms with Gasteiger partial charge in [-0.15, -0.1) is 0 Å². The van der Waals surface area contributed by atoms with Crippen LogP contribution in [0.25, 0.3) is 6.08 Å². The summed E-state index contributed by atoms with van der Waals surface area (Å²) in [7, 11) is -1.60. The van der Waals surface area contributed by atoms with Crippen LogP contribution in [0.15, 0.2) is 54.4 Å². The fraction of sp³-hybridized carbons (Fsp3) is 0.133. The molecule has 1 aromatic heterocycles. The molecule has 3 heteroatoms. The molecule has 0 aliphatic carbocycles. The molecular formula is C15H16ClNSi. The number of aromatic nitrogens is 1. The summed E-state index contributed by atoms with van der Waals surface area (Å²) < 4.78 is 0. The Balaban J connectivity index is 2.20. The Morgan fingerprint density at radius 2 is 1.78 bits per heavy atom. The fourth-order valence-electron chi connectivity index (χ4n) is 1.71. The average molecular weight is 274 g/mol. The zero-order chi connectivity index (χ0) is 13.0. The first-order valence-electron chi connectivity index (χ1n) is 5.94. The van der Waals surface area contributed by atoms with Gasteiger partial charge in [0.1, 0.15) is 8.07 Å². The molecule has 2 rings (SSSR count). The van der Waals surface area contributed by atoms with Gasteiger partial charge in [0.15, 0.2) is 0 Å². The quantitative estimate of drug-likeness (QED) is 0.773. The molecule has 18 heavy (non-hydrogen) atoms. The molecule has 92 valence electrons. The van der Waals surface area contributed by atoms with Crippen molar-refractivity contribution in [3.8, 4) is 0 Å². The summed E-state index contributed by atoms with van der Waals surface area (Å²) in [6, 6.07) is 14.0. The number of nitrogens with zero attached hydrogens (tertiary/aromatic N) is 1. The van der Waals surface area contributed by atoms with Crippen LogP contribution >= 0.6 is 11.6 Å². The van der Waals surface area contributed by atoms with Crippen molar-refractivity contribution in [2.75, 3.05) is 0 Å². The van der Waals surface area contributed by atoms with E-state index in [1.165, 1.54) is 10.9 Å². The number of benzene rings is 1. The minimum Gasteiger partial charge on any atom is -0.266 e. The minimum absolute atomic E-state index is 0.772. The van der Waals surface area contributed by atoms with E-state index >= 15 is 0 Å². The van der Waals surface area contributed by atoms with Crippen molar-refractivity contribution in [1.29, 1.82) is 0 Å². The molecule has 0 atom stereocenters. The van der Waals surface area contributed by atoms with Gasteiger partial charge in [-0.25, -0.2) is 0 Å². The van der Waals surface area contributed by atoms with Gasteiger partial charge in [0.25, 0.3) is 0 Å². The van der Waals surface area contributed by atoms with Gasteiger partial charge in [-0.3, -0.25) is 4.98 Å². The molecule has 0 bridgehead atoms. The number of hydrogen-bond acceptors (Lipinski definition) is 1. The van der Waals surface area contributed by atoms with Crippen LogP contribution in [-0.2, 0) is 0 Å². The topological polar surface area (TPSA) is 12.9 Å². The summed E-state index contributed by atoms with van der Waals surface area (Å²) in [5.41, 5.74) is 3.48. The summed E-state index contributed by atoms with van der Waals surface area (Å²) in [5, 5.41) is 1.98. The van der Waals surface area contributed by atoms with Gasteiger partial charge < -0.3 is 0 Å². The third kappa shape index (κ3) is 3.31. The van der Waals surface area contributed by atoms with E-state index in [9.17, 15) is 0 Å². The summed E-state index contributed by atoms with van der Waals surface area (Å²) in [5.74, 6) is 0. The highest BCUT2D eigenvalue weighted by Crippen LogP contribution is 2.12. The van der Waals surface area contributed by atoms with Gasteiger partial charge in [-0.2, -0.15) is 0 Å². The molecule has 1 nitrogen and oxygen atoms in total. The van der Waals surface area contributed by atoms with E-state index in [-0.39, 0.29) is 0 Å². The molecule has 0 radical (unpaired) electrons. The Morgan fingerprint density at radius 3 is 2.39 bits per heavy atom. The van der Waals surface area contributed by atoms with E-state index in [0.29, 0.717) is 0 Å². The van der Waals surface area contributed by atoms with E-state index in [2.05, 4.69) is 35.9 Å². The van der Waals surface area contributed by atoms with Gasteiger partial charge in [-0.1, -0.05) is 54.7 Å². The van der Waals surface area contributed by atoms with E-state index in [1.54, 1.807) is 0 Å². The second-order valence-electron chi connectivity index (χ2n) is 4.82. The maximum Gasteiger partial charge on any atom is 0.127 e. The smallest absolute Gasteiger partial charge is 0.127 e. The molecule has 1 aromatic carbocycles. The van der Waals surface area contributed by atoms with Crippen molar-refractivity contribution in [3.05, 3.63) is 64.9 Å². The molecule has 2 aromatic rings. The largest absolute Gasteiger partial charge is 0.266 e. The van der Waals surface area contributed by atoms with Gasteiger partial charge in [0, 0.05) is 16.5 Å². The van der Waals surface area contributed by atoms with Gasteiger partial charge in [0.05, 0.1) is 0 Å². The van der Waals surface area contributed by atoms with Crippen LogP contribution in [-0.4, -0.2) is 13.1 Å². The predicted molar refractivity (Wildman–Crippen MR) is 81.8 cm³/mol. The molecule has 1 heterocycles. The Kier molecular flexibility index (Phi) is 3.99. The summed E-state index contributed by atoms with van der Waals surface area (Å²) in [4.78, 5) is 4.47. The summed E-state index contributed by atoms with van der Waals surface area (Å²) in [6.07, 6.45) is 4.03. The van der Waals surface area contributed by atoms with Crippen molar-refractivity contribution in [3.63, 3.8) is 0 Å². The van der Waals surface area contributed by atoms with Crippen molar-refractivity contribution >= 4 is 31.1 Å². The van der Waals surface area contributed by atoms with Gasteiger partial charge in [-0.05, 0) is 29.8 Å². The first kappa shape index (κ1) is 13.1. The molecule has 0 amide bonds.